The molecule has 174 valence electrons. The van der Waals surface area contributed by atoms with Crippen LogP contribution < -0.4 is 15.2 Å². The average Bonchev–Trinajstić information content (AvgIpc) is 2.86. The van der Waals surface area contributed by atoms with Crippen LogP contribution in [0.1, 0.15) is 49.3 Å². The number of aromatic amines is 1. The van der Waals surface area contributed by atoms with Gasteiger partial charge >= 0.3 is 0 Å². The van der Waals surface area contributed by atoms with Gasteiger partial charge in [0.2, 0.25) is 0 Å². The Kier molecular flexibility index (Phi) is 6.41. The second kappa shape index (κ2) is 9.60. The van der Waals surface area contributed by atoms with E-state index in [1.807, 2.05) is 25.1 Å². The van der Waals surface area contributed by atoms with Crippen molar-refractivity contribution < 1.29 is 4.74 Å². The summed E-state index contributed by atoms with van der Waals surface area (Å²) in [7, 11) is 1.75. The van der Waals surface area contributed by atoms with Gasteiger partial charge < -0.3 is 14.6 Å². The van der Waals surface area contributed by atoms with Crippen LogP contribution in [-0.4, -0.2) is 43.2 Å². The van der Waals surface area contributed by atoms with Crippen molar-refractivity contribution >= 4 is 16.6 Å². The highest BCUT2D eigenvalue weighted by Crippen LogP contribution is 2.40. The Labute approximate surface area is 196 Å². The van der Waals surface area contributed by atoms with Crippen molar-refractivity contribution in [3.8, 4) is 5.75 Å². The lowest BCUT2D eigenvalue weighted by molar-refractivity contribution is 0.110. The molecule has 0 spiro atoms. The third-order valence-electron chi connectivity index (χ3n) is 7.63. The molecule has 2 aliphatic rings. The first kappa shape index (κ1) is 22.0. The molecular formula is C28H35N3O2. The molecule has 1 unspecified atom stereocenters. The zero-order valence-corrected chi connectivity index (χ0v) is 19.8. The maximum absolute atomic E-state index is 12.3. The van der Waals surface area contributed by atoms with Crippen molar-refractivity contribution in [1.82, 2.24) is 9.88 Å². The summed E-state index contributed by atoms with van der Waals surface area (Å²) < 4.78 is 5.61. The summed E-state index contributed by atoms with van der Waals surface area (Å²) in [6, 6.07) is 17.5. The number of piperazine rings is 1. The van der Waals surface area contributed by atoms with Crippen LogP contribution in [0.25, 0.3) is 10.9 Å². The zero-order valence-electron chi connectivity index (χ0n) is 19.8. The molecule has 5 nitrogen and oxygen atoms in total. The van der Waals surface area contributed by atoms with Crippen molar-refractivity contribution in [2.75, 3.05) is 38.2 Å². The highest BCUT2D eigenvalue weighted by molar-refractivity contribution is 5.79. The Morgan fingerprint density at radius 3 is 2.48 bits per heavy atom. The number of aryl methyl sites for hydroxylation is 1. The first-order valence-electron chi connectivity index (χ1n) is 12.4. The number of anilines is 1. The number of hydrogen-bond acceptors (Lipinski definition) is 4. The monoisotopic (exact) mass is 445 g/mol. The van der Waals surface area contributed by atoms with Crippen LogP contribution in [0, 0.1) is 12.8 Å². The first-order chi connectivity index (χ1) is 16.1. The molecule has 0 amide bonds. The highest BCUT2D eigenvalue weighted by Gasteiger charge is 2.32. The molecule has 5 heteroatoms. The maximum Gasteiger partial charge on any atom is 0.251 e. The molecule has 1 saturated carbocycles. The average molecular weight is 446 g/mol. The molecule has 2 fully saturated rings. The van der Waals surface area contributed by atoms with E-state index in [9.17, 15) is 4.79 Å². The fraction of sp³-hybridized carbons (Fsp3) is 0.464. The van der Waals surface area contributed by atoms with Crippen LogP contribution in [0.15, 0.2) is 53.3 Å². The summed E-state index contributed by atoms with van der Waals surface area (Å²) in [5.41, 5.74) is 4.27. The van der Waals surface area contributed by atoms with E-state index in [1.54, 1.807) is 7.11 Å². The Balaban J connectivity index is 1.42. The van der Waals surface area contributed by atoms with E-state index in [2.05, 4.69) is 45.1 Å². The number of aromatic nitrogens is 1. The third-order valence-corrected chi connectivity index (χ3v) is 7.63. The smallest absolute Gasteiger partial charge is 0.251 e. The van der Waals surface area contributed by atoms with Gasteiger partial charge in [-0.05, 0) is 60.9 Å². The number of pyridine rings is 1. The van der Waals surface area contributed by atoms with Crippen LogP contribution >= 0.6 is 0 Å². The molecule has 2 heterocycles. The highest BCUT2D eigenvalue weighted by atomic mass is 16.5. The van der Waals surface area contributed by atoms with E-state index in [1.165, 1.54) is 43.4 Å². The Morgan fingerprint density at radius 2 is 1.73 bits per heavy atom. The number of benzene rings is 2. The molecule has 33 heavy (non-hydrogen) atoms. The first-order valence-corrected chi connectivity index (χ1v) is 12.4. The van der Waals surface area contributed by atoms with E-state index in [-0.39, 0.29) is 5.56 Å². The van der Waals surface area contributed by atoms with Crippen molar-refractivity contribution in [3.05, 3.63) is 70.0 Å². The van der Waals surface area contributed by atoms with Crippen LogP contribution in [0.5, 0.6) is 5.75 Å². The molecule has 5 rings (SSSR count). The number of H-pyrrole nitrogens is 1. The van der Waals surface area contributed by atoms with Crippen molar-refractivity contribution in [3.63, 3.8) is 0 Å². The molecule has 1 saturated heterocycles. The van der Waals surface area contributed by atoms with Gasteiger partial charge in [0, 0.05) is 43.3 Å². The molecule has 0 bridgehead atoms. The largest absolute Gasteiger partial charge is 0.495 e. The topological polar surface area (TPSA) is 48.6 Å². The molecule has 0 radical (unpaired) electrons. The van der Waals surface area contributed by atoms with Crippen LogP contribution in [0.3, 0.4) is 0 Å². The van der Waals surface area contributed by atoms with E-state index < -0.39 is 0 Å². The third kappa shape index (κ3) is 4.51. The molecule has 1 N–H and O–H groups in total. The lowest BCUT2D eigenvalue weighted by Gasteiger charge is -2.44. The van der Waals surface area contributed by atoms with Gasteiger partial charge in [-0.2, -0.15) is 0 Å². The number of ether oxygens (including phenoxy) is 1. The number of rotatable bonds is 5. The fourth-order valence-corrected chi connectivity index (χ4v) is 5.87. The van der Waals surface area contributed by atoms with E-state index in [0.717, 1.165) is 48.4 Å². The van der Waals surface area contributed by atoms with Gasteiger partial charge in [-0.3, -0.25) is 9.69 Å². The van der Waals surface area contributed by atoms with Crippen molar-refractivity contribution in [2.45, 2.75) is 45.1 Å². The van der Waals surface area contributed by atoms with Crippen LogP contribution in [0.4, 0.5) is 5.69 Å². The van der Waals surface area contributed by atoms with Gasteiger partial charge in [0.15, 0.2) is 0 Å². The Morgan fingerprint density at radius 1 is 0.970 bits per heavy atom. The summed E-state index contributed by atoms with van der Waals surface area (Å²) >= 11 is 0. The minimum atomic E-state index is 0.0132. The maximum atomic E-state index is 12.3. The summed E-state index contributed by atoms with van der Waals surface area (Å²) in [6.45, 7) is 5.92. The van der Waals surface area contributed by atoms with Gasteiger partial charge in [-0.25, -0.2) is 0 Å². The number of nitrogens with zero attached hydrogens (tertiary/aromatic N) is 2. The molecule has 1 aliphatic carbocycles. The quantitative estimate of drug-likeness (QED) is 0.580. The number of hydrogen-bond donors (Lipinski definition) is 1. The minimum absolute atomic E-state index is 0.0132. The summed E-state index contributed by atoms with van der Waals surface area (Å²) in [6.07, 6.45) is 6.59. The Bertz CT molecular complexity index is 1160. The summed E-state index contributed by atoms with van der Waals surface area (Å²) in [4.78, 5) is 20.5. The molecule has 1 atom stereocenters. The van der Waals surface area contributed by atoms with E-state index in [4.69, 9.17) is 4.74 Å². The van der Waals surface area contributed by atoms with Gasteiger partial charge in [0.25, 0.3) is 5.56 Å². The predicted octanol–water partition coefficient (Wildman–Crippen LogP) is 5.29. The Hall–Kier alpha value is -2.79. The fourth-order valence-electron chi connectivity index (χ4n) is 5.87. The van der Waals surface area contributed by atoms with Gasteiger partial charge in [-0.15, -0.1) is 0 Å². The van der Waals surface area contributed by atoms with Gasteiger partial charge in [0.05, 0.1) is 12.8 Å². The minimum Gasteiger partial charge on any atom is -0.495 e. The lowest BCUT2D eigenvalue weighted by atomic mass is 9.80. The normalized spacial score (nSPS) is 19.0. The summed E-state index contributed by atoms with van der Waals surface area (Å²) in [5, 5.41) is 1.11. The lowest BCUT2D eigenvalue weighted by Crippen LogP contribution is -2.49. The molecule has 1 aromatic heterocycles. The summed E-state index contributed by atoms with van der Waals surface area (Å²) in [5.74, 6) is 1.62. The number of nitrogens with one attached hydrogen (secondary N) is 1. The second-order valence-electron chi connectivity index (χ2n) is 9.67. The zero-order chi connectivity index (χ0) is 22.8. The SMILES string of the molecule is COc1ccccc1N1CCN(C(c2ccc3cc(C)c(=O)[nH]c3c2)C2CCCCC2)CC1. The van der Waals surface area contributed by atoms with Crippen molar-refractivity contribution in [1.29, 1.82) is 0 Å². The predicted molar refractivity (Wildman–Crippen MR) is 135 cm³/mol. The number of para-hydroxylation sites is 2. The van der Waals surface area contributed by atoms with Crippen molar-refractivity contribution in [2.24, 2.45) is 5.92 Å². The molecular weight excluding hydrogens is 410 g/mol. The van der Waals surface area contributed by atoms with E-state index >= 15 is 0 Å². The number of fused-ring (bicyclic) bond motifs is 1. The second-order valence-corrected chi connectivity index (χ2v) is 9.67. The van der Waals surface area contributed by atoms with Crippen LogP contribution in [-0.2, 0) is 0 Å². The van der Waals surface area contributed by atoms with Crippen LogP contribution in [0.2, 0.25) is 0 Å². The van der Waals surface area contributed by atoms with E-state index in [0.29, 0.717) is 12.0 Å². The molecule has 3 aromatic rings. The van der Waals surface area contributed by atoms with Gasteiger partial charge in [0.1, 0.15) is 5.75 Å². The standard InChI is InChI=1S/C28H35N3O2/c1-20-18-22-12-13-23(19-24(22)29-28(20)32)27(21-8-4-3-5-9-21)31-16-14-30(15-17-31)25-10-6-7-11-26(25)33-2/h6-7,10-13,18-19,21,27H,3-5,8-9,14-17H2,1-2H3,(H,29,32). The molecule has 2 aromatic carbocycles. The molecule has 1 aliphatic heterocycles. The van der Waals surface area contributed by atoms with Gasteiger partial charge in [-0.1, -0.05) is 43.5 Å². The number of methoxy groups -OCH3 is 1.